The molecule has 0 unspecified atom stereocenters. The van der Waals surface area contributed by atoms with Gasteiger partial charge in [-0.05, 0) is 43.7 Å². The van der Waals surface area contributed by atoms with Crippen molar-refractivity contribution < 1.29 is 22.0 Å². The molecule has 0 saturated heterocycles. The van der Waals surface area contributed by atoms with Crippen LogP contribution in [0, 0.1) is 10.8 Å². The Morgan fingerprint density at radius 3 is 1.68 bits per heavy atom. The maximum absolute atomic E-state index is 12.8. The lowest BCUT2D eigenvalue weighted by molar-refractivity contribution is -0.284. The van der Waals surface area contributed by atoms with Gasteiger partial charge in [-0.3, -0.25) is 0 Å². The minimum atomic E-state index is -5.43. The molecule has 0 spiro atoms. The predicted molar refractivity (Wildman–Crippen MR) is 80.2 cm³/mol. The van der Waals surface area contributed by atoms with E-state index in [2.05, 4.69) is 33.0 Å². The van der Waals surface area contributed by atoms with E-state index in [1.54, 1.807) is 0 Å². The zero-order chi connectivity index (χ0) is 17.7. The van der Waals surface area contributed by atoms with Gasteiger partial charge in [-0.2, -0.15) is 22.0 Å². The van der Waals surface area contributed by atoms with E-state index in [0.29, 0.717) is 12.8 Å². The third kappa shape index (κ3) is 8.30. The first-order valence-corrected chi connectivity index (χ1v) is 7.82. The van der Waals surface area contributed by atoms with Crippen molar-refractivity contribution in [2.24, 2.45) is 10.8 Å². The van der Waals surface area contributed by atoms with Gasteiger partial charge in [0.1, 0.15) is 0 Å². The van der Waals surface area contributed by atoms with Gasteiger partial charge in [0.25, 0.3) is 0 Å². The summed E-state index contributed by atoms with van der Waals surface area (Å²) in [6.07, 6.45) is -3.75. The van der Waals surface area contributed by atoms with Crippen molar-refractivity contribution in [2.45, 2.75) is 78.3 Å². The zero-order valence-corrected chi connectivity index (χ0v) is 14.3. The summed E-state index contributed by atoms with van der Waals surface area (Å²) >= 11 is 0. The molecule has 0 rings (SSSR count). The Morgan fingerprint density at radius 1 is 0.727 bits per heavy atom. The summed E-state index contributed by atoms with van der Waals surface area (Å²) in [7, 11) is 1.90. The van der Waals surface area contributed by atoms with E-state index in [1.807, 2.05) is 7.05 Å². The summed E-state index contributed by atoms with van der Waals surface area (Å²) in [6, 6.07) is 0. The van der Waals surface area contributed by atoms with Gasteiger partial charge in [-0.15, -0.1) is 0 Å². The quantitative estimate of drug-likeness (QED) is 0.394. The predicted octanol–water partition coefficient (Wildman–Crippen LogP) is 5.80. The molecule has 0 amide bonds. The molecular formula is C16H30F5N. The molecule has 0 radical (unpaired) electrons. The minimum Gasteiger partial charge on any atom is -0.319 e. The second-order valence-corrected chi connectivity index (χ2v) is 7.80. The molecular weight excluding hydrogens is 301 g/mol. The standard InChI is InChI=1S/C16H30F5N/c1-13(2,11-14(3,4)12-22-5)9-7-6-8-10-15(17,18)16(19,20)21/h22H,6-12H2,1-5H3. The van der Waals surface area contributed by atoms with E-state index >= 15 is 0 Å². The fourth-order valence-corrected chi connectivity index (χ4v) is 3.19. The topological polar surface area (TPSA) is 12.0 Å². The normalized spacial score (nSPS) is 14.5. The van der Waals surface area contributed by atoms with Crippen LogP contribution in [-0.4, -0.2) is 25.7 Å². The molecule has 0 heterocycles. The third-order valence-electron chi connectivity index (χ3n) is 3.87. The van der Waals surface area contributed by atoms with E-state index in [1.165, 1.54) is 0 Å². The molecule has 1 N–H and O–H groups in total. The van der Waals surface area contributed by atoms with Crippen molar-refractivity contribution in [2.75, 3.05) is 13.6 Å². The van der Waals surface area contributed by atoms with Gasteiger partial charge in [0.2, 0.25) is 0 Å². The van der Waals surface area contributed by atoms with Crippen LogP contribution in [0.15, 0.2) is 0 Å². The van der Waals surface area contributed by atoms with Crippen molar-refractivity contribution >= 4 is 0 Å². The second-order valence-electron chi connectivity index (χ2n) is 7.80. The zero-order valence-electron chi connectivity index (χ0n) is 14.3. The van der Waals surface area contributed by atoms with Gasteiger partial charge in [0.05, 0.1) is 0 Å². The minimum absolute atomic E-state index is 0.0485. The highest BCUT2D eigenvalue weighted by Crippen LogP contribution is 2.40. The average molecular weight is 331 g/mol. The highest BCUT2D eigenvalue weighted by atomic mass is 19.4. The van der Waals surface area contributed by atoms with Crippen LogP contribution >= 0.6 is 0 Å². The number of rotatable bonds is 10. The molecule has 6 heteroatoms. The fraction of sp³-hybridized carbons (Fsp3) is 1.00. The highest BCUT2D eigenvalue weighted by Gasteiger charge is 2.56. The maximum Gasteiger partial charge on any atom is 0.453 e. The molecule has 0 aromatic heterocycles. The van der Waals surface area contributed by atoms with Crippen LogP contribution in [0.1, 0.15) is 66.2 Å². The number of nitrogens with one attached hydrogen (secondary N) is 1. The first-order valence-electron chi connectivity index (χ1n) is 7.82. The monoisotopic (exact) mass is 331 g/mol. The molecule has 0 fully saturated rings. The molecule has 0 aliphatic heterocycles. The highest BCUT2D eigenvalue weighted by molar-refractivity contribution is 4.81. The SMILES string of the molecule is CNCC(C)(C)CC(C)(C)CCCCCC(F)(F)C(F)(F)F. The van der Waals surface area contributed by atoms with Crippen molar-refractivity contribution in [3.63, 3.8) is 0 Å². The number of alkyl halides is 5. The molecule has 0 aromatic rings. The van der Waals surface area contributed by atoms with E-state index in [0.717, 1.165) is 19.4 Å². The van der Waals surface area contributed by atoms with Crippen LogP contribution in [-0.2, 0) is 0 Å². The molecule has 0 atom stereocenters. The Morgan fingerprint density at radius 2 is 1.23 bits per heavy atom. The number of hydrogen-bond donors (Lipinski definition) is 1. The first-order chi connectivity index (χ1) is 9.72. The lowest BCUT2D eigenvalue weighted by Crippen LogP contribution is -2.36. The Kier molecular flexibility index (Phi) is 7.79. The smallest absolute Gasteiger partial charge is 0.319 e. The van der Waals surface area contributed by atoms with Gasteiger partial charge in [-0.25, -0.2) is 0 Å². The molecule has 22 heavy (non-hydrogen) atoms. The van der Waals surface area contributed by atoms with Crippen molar-refractivity contribution in [3.8, 4) is 0 Å². The van der Waals surface area contributed by atoms with Crippen LogP contribution in [0.2, 0.25) is 0 Å². The second kappa shape index (κ2) is 7.93. The van der Waals surface area contributed by atoms with Crippen LogP contribution in [0.25, 0.3) is 0 Å². The Balaban J connectivity index is 4.10. The van der Waals surface area contributed by atoms with Gasteiger partial charge in [0.15, 0.2) is 0 Å². The van der Waals surface area contributed by atoms with Crippen LogP contribution < -0.4 is 5.32 Å². The van der Waals surface area contributed by atoms with E-state index < -0.39 is 18.5 Å². The lowest BCUT2D eigenvalue weighted by Gasteiger charge is -2.35. The van der Waals surface area contributed by atoms with Gasteiger partial charge >= 0.3 is 12.1 Å². The molecule has 0 aliphatic rings. The van der Waals surface area contributed by atoms with E-state index in [-0.39, 0.29) is 17.3 Å². The molecule has 134 valence electrons. The summed E-state index contributed by atoms with van der Waals surface area (Å²) in [4.78, 5) is 0. The Bertz CT molecular complexity index is 321. The summed E-state index contributed by atoms with van der Waals surface area (Å²) < 4.78 is 61.6. The molecule has 0 aliphatic carbocycles. The fourth-order valence-electron chi connectivity index (χ4n) is 3.19. The van der Waals surface area contributed by atoms with Gasteiger partial charge in [0, 0.05) is 6.42 Å². The molecule has 0 saturated carbocycles. The molecule has 0 aromatic carbocycles. The average Bonchev–Trinajstić information content (AvgIpc) is 2.24. The number of unbranched alkanes of at least 4 members (excludes halogenated alkanes) is 2. The van der Waals surface area contributed by atoms with Crippen LogP contribution in [0.3, 0.4) is 0 Å². The van der Waals surface area contributed by atoms with Crippen LogP contribution in [0.5, 0.6) is 0 Å². The summed E-state index contributed by atoms with van der Waals surface area (Å²) in [5.41, 5.74) is 0.175. The van der Waals surface area contributed by atoms with Crippen molar-refractivity contribution in [1.82, 2.24) is 5.32 Å². The van der Waals surface area contributed by atoms with Gasteiger partial charge in [-0.1, -0.05) is 40.5 Å². The van der Waals surface area contributed by atoms with E-state index in [9.17, 15) is 22.0 Å². The van der Waals surface area contributed by atoms with Gasteiger partial charge < -0.3 is 5.32 Å². The Hall–Kier alpha value is -0.390. The largest absolute Gasteiger partial charge is 0.453 e. The van der Waals surface area contributed by atoms with Crippen LogP contribution in [0.4, 0.5) is 22.0 Å². The summed E-state index contributed by atoms with van der Waals surface area (Å²) in [5.74, 6) is -4.56. The maximum atomic E-state index is 12.8. The molecule has 0 bridgehead atoms. The number of halogens is 5. The molecule has 1 nitrogen and oxygen atoms in total. The summed E-state index contributed by atoms with van der Waals surface area (Å²) in [5, 5.41) is 3.15. The summed E-state index contributed by atoms with van der Waals surface area (Å²) in [6.45, 7) is 9.45. The number of hydrogen-bond acceptors (Lipinski definition) is 1. The van der Waals surface area contributed by atoms with Crippen molar-refractivity contribution in [1.29, 1.82) is 0 Å². The lowest BCUT2D eigenvalue weighted by atomic mass is 9.72. The van der Waals surface area contributed by atoms with E-state index in [4.69, 9.17) is 0 Å². The van der Waals surface area contributed by atoms with Crippen molar-refractivity contribution in [3.05, 3.63) is 0 Å². The first kappa shape index (κ1) is 21.6. The Labute approximate surface area is 131 Å². The third-order valence-corrected chi connectivity index (χ3v) is 3.87.